The van der Waals surface area contributed by atoms with Crippen LogP contribution in [0.2, 0.25) is 0 Å². The topological polar surface area (TPSA) is 38.2 Å². The van der Waals surface area contributed by atoms with E-state index in [0.717, 1.165) is 56.2 Å². The highest BCUT2D eigenvalue weighted by Crippen LogP contribution is 2.47. The predicted molar refractivity (Wildman–Crippen MR) is 158 cm³/mol. The average Bonchev–Trinajstić information content (AvgIpc) is 3.42. The number of benzene rings is 5. The molecular formula is C34H22BN3O. The predicted octanol–water partition coefficient (Wildman–Crippen LogP) is 7.38. The lowest BCUT2D eigenvalue weighted by atomic mass is 9.64. The summed E-state index contributed by atoms with van der Waals surface area (Å²) < 4.78 is 6.49. The standard InChI is InChI=1S/C34H22BN3O/c1-3-11-23(12-4-1)29-22-30(24-13-5-2-6-14-24)37-34(36-29)25-19-20-28-27(21-25)26-15-7-8-16-31(26)38-32-17-9-10-18-33(32)39-35(28)38/h1-22H. The number of rotatable bonds is 3. The molecule has 3 heterocycles. The zero-order chi connectivity index (χ0) is 25.8. The molecule has 5 aromatic carbocycles. The Kier molecular flexibility index (Phi) is 4.89. The molecule has 0 aliphatic carbocycles. The van der Waals surface area contributed by atoms with Crippen LogP contribution in [0.15, 0.2) is 133 Å². The van der Waals surface area contributed by atoms with Crippen molar-refractivity contribution in [2.45, 2.75) is 0 Å². The molecule has 0 saturated carbocycles. The number of aromatic nitrogens is 2. The van der Waals surface area contributed by atoms with Crippen molar-refractivity contribution < 1.29 is 4.65 Å². The normalized spacial score (nSPS) is 12.7. The Labute approximate surface area is 227 Å². The maximum Gasteiger partial charge on any atom is 0.524 e. The van der Waals surface area contributed by atoms with Crippen LogP contribution < -0.4 is 14.9 Å². The molecule has 0 spiro atoms. The molecule has 4 nitrogen and oxygen atoms in total. The van der Waals surface area contributed by atoms with Gasteiger partial charge < -0.3 is 9.47 Å². The Morgan fingerprint density at radius 1 is 0.513 bits per heavy atom. The largest absolute Gasteiger partial charge is 0.536 e. The number of fused-ring (bicyclic) bond motifs is 8. The Hall–Kier alpha value is -5.16. The lowest BCUT2D eigenvalue weighted by Crippen LogP contribution is -2.50. The van der Waals surface area contributed by atoms with Gasteiger partial charge in [0.1, 0.15) is 5.75 Å². The molecule has 0 atom stereocenters. The van der Waals surface area contributed by atoms with Crippen molar-refractivity contribution in [3.05, 3.63) is 133 Å². The van der Waals surface area contributed by atoms with E-state index in [1.807, 2.05) is 48.5 Å². The summed E-state index contributed by atoms with van der Waals surface area (Å²) in [4.78, 5) is 12.4. The molecule has 0 bridgehead atoms. The van der Waals surface area contributed by atoms with E-state index in [2.05, 4.69) is 89.7 Å². The summed E-state index contributed by atoms with van der Waals surface area (Å²) in [6.07, 6.45) is 0. The van der Waals surface area contributed by atoms with Crippen LogP contribution in [0, 0.1) is 0 Å². The Morgan fingerprint density at radius 3 is 1.85 bits per heavy atom. The molecule has 6 aromatic rings. The zero-order valence-corrected chi connectivity index (χ0v) is 21.0. The van der Waals surface area contributed by atoms with Crippen LogP contribution in [0.25, 0.3) is 45.0 Å². The first-order chi connectivity index (χ1) is 19.3. The molecule has 1 aromatic heterocycles. The quantitative estimate of drug-likeness (QED) is 0.238. The van der Waals surface area contributed by atoms with Crippen LogP contribution in [-0.4, -0.2) is 17.0 Å². The van der Waals surface area contributed by atoms with E-state index in [1.54, 1.807) is 0 Å². The highest BCUT2D eigenvalue weighted by Gasteiger charge is 2.44. The third-order valence-electron chi connectivity index (χ3n) is 7.49. The Morgan fingerprint density at radius 2 is 1.13 bits per heavy atom. The van der Waals surface area contributed by atoms with Gasteiger partial charge >= 0.3 is 7.05 Å². The lowest BCUT2D eigenvalue weighted by molar-refractivity contribution is 0.603. The summed E-state index contributed by atoms with van der Waals surface area (Å²) in [6.45, 7) is 0. The molecule has 0 radical (unpaired) electrons. The van der Waals surface area contributed by atoms with Crippen LogP contribution in [-0.2, 0) is 0 Å². The fourth-order valence-electron chi connectivity index (χ4n) is 5.66. The minimum Gasteiger partial charge on any atom is -0.536 e. The van der Waals surface area contributed by atoms with Crippen LogP contribution in [0.4, 0.5) is 11.4 Å². The summed E-state index contributed by atoms with van der Waals surface area (Å²) in [7, 11) is -0.210. The van der Waals surface area contributed by atoms with Gasteiger partial charge in [-0.25, -0.2) is 9.97 Å². The fraction of sp³-hybridized carbons (Fsp3) is 0. The molecule has 8 rings (SSSR count). The van der Waals surface area contributed by atoms with Crippen molar-refractivity contribution in [3.63, 3.8) is 0 Å². The van der Waals surface area contributed by atoms with E-state index in [4.69, 9.17) is 14.6 Å². The highest BCUT2D eigenvalue weighted by atomic mass is 16.5. The second-order valence-corrected chi connectivity index (χ2v) is 9.82. The second-order valence-electron chi connectivity index (χ2n) is 9.82. The molecule has 2 aliphatic rings. The van der Waals surface area contributed by atoms with Crippen molar-refractivity contribution in [2.75, 3.05) is 4.81 Å². The molecule has 0 fully saturated rings. The van der Waals surface area contributed by atoms with Gasteiger partial charge in [0.15, 0.2) is 5.82 Å². The van der Waals surface area contributed by atoms with Gasteiger partial charge in [0, 0.05) is 27.9 Å². The maximum atomic E-state index is 6.49. The minimum atomic E-state index is -0.210. The SMILES string of the molecule is c1ccc(-c2cc(-c3ccccc3)nc(-c3ccc4c(c3)-c3ccccc3N3B4Oc4ccccc43)n2)cc1. The maximum absolute atomic E-state index is 6.49. The van der Waals surface area contributed by atoms with Gasteiger partial charge in [-0.2, -0.15) is 0 Å². The van der Waals surface area contributed by atoms with Crippen LogP contribution in [0.1, 0.15) is 0 Å². The van der Waals surface area contributed by atoms with E-state index in [0.29, 0.717) is 5.82 Å². The molecule has 39 heavy (non-hydrogen) atoms. The molecular weight excluding hydrogens is 477 g/mol. The van der Waals surface area contributed by atoms with Gasteiger partial charge in [-0.3, -0.25) is 0 Å². The first-order valence-corrected chi connectivity index (χ1v) is 13.1. The molecule has 182 valence electrons. The van der Waals surface area contributed by atoms with Gasteiger partial charge in [0.25, 0.3) is 0 Å². The molecule has 2 aliphatic heterocycles. The first kappa shape index (κ1) is 21.9. The van der Waals surface area contributed by atoms with Gasteiger partial charge in [0.2, 0.25) is 0 Å². The molecule has 0 saturated heterocycles. The molecule has 5 heteroatoms. The molecule has 0 unspecified atom stereocenters. The summed E-state index contributed by atoms with van der Waals surface area (Å²) in [5, 5.41) is 0. The summed E-state index contributed by atoms with van der Waals surface area (Å²) in [5.74, 6) is 1.61. The number of anilines is 2. The van der Waals surface area contributed by atoms with Gasteiger partial charge in [-0.1, -0.05) is 103 Å². The monoisotopic (exact) mass is 499 g/mol. The zero-order valence-electron chi connectivity index (χ0n) is 21.0. The van der Waals surface area contributed by atoms with E-state index in [9.17, 15) is 0 Å². The van der Waals surface area contributed by atoms with Crippen molar-refractivity contribution >= 4 is 23.9 Å². The number of hydrogen-bond acceptors (Lipinski definition) is 4. The number of hydrogen-bond donors (Lipinski definition) is 0. The van der Waals surface area contributed by atoms with E-state index >= 15 is 0 Å². The van der Waals surface area contributed by atoms with E-state index in [-0.39, 0.29) is 7.05 Å². The lowest BCUT2D eigenvalue weighted by Gasteiger charge is -2.31. The first-order valence-electron chi connectivity index (χ1n) is 13.1. The summed E-state index contributed by atoms with van der Waals surface area (Å²) in [6, 6.07) is 46.0. The van der Waals surface area contributed by atoms with Crippen LogP contribution >= 0.6 is 0 Å². The fourth-order valence-corrected chi connectivity index (χ4v) is 5.66. The summed E-state index contributed by atoms with van der Waals surface area (Å²) in [5.41, 5.74) is 10.6. The third-order valence-corrected chi connectivity index (χ3v) is 7.49. The van der Waals surface area contributed by atoms with Crippen molar-refractivity contribution in [1.29, 1.82) is 0 Å². The van der Waals surface area contributed by atoms with E-state index < -0.39 is 0 Å². The van der Waals surface area contributed by atoms with Crippen molar-refractivity contribution in [3.8, 4) is 50.8 Å². The van der Waals surface area contributed by atoms with Gasteiger partial charge in [-0.15, -0.1) is 0 Å². The van der Waals surface area contributed by atoms with Crippen molar-refractivity contribution in [2.24, 2.45) is 0 Å². The van der Waals surface area contributed by atoms with Crippen LogP contribution in [0.5, 0.6) is 5.75 Å². The Bertz CT molecular complexity index is 1800. The number of para-hydroxylation sites is 3. The van der Waals surface area contributed by atoms with Gasteiger partial charge in [0.05, 0.1) is 17.1 Å². The smallest absolute Gasteiger partial charge is 0.524 e. The summed E-state index contributed by atoms with van der Waals surface area (Å²) >= 11 is 0. The van der Waals surface area contributed by atoms with E-state index in [1.165, 1.54) is 5.56 Å². The second kappa shape index (κ2) is 8.71. The number of nitrogens with zero attached hydrogens (tertiary/aromatic N) is 3. The van der Waals surface area contributed by atoms with Crippen LogP contribution in [0.3, 0.4) is 0 Å². The minimum absolute atomic E-state index is 0.210. The molecule has 0 amide bonds. The van der Waals surface area contributed by atoms with Gasteiger partial charge in [-0.05, 0) is 41.4 Å². The third kappa shape index (κ3) is 3.55. The average molecular weight is 499 g/mol. The highest BCUT2D eigenvalue weighted by molar-refractivity contribution is 6.77. The van der Waals surface area contributed by atoms with Crippen molar-refractivity contribution in [1.82, 2.24) is 9.97 Å². The molecule has 0 N–H and O–H groups in total. The Balaban J connectivity index is 1.31.